The van der Waals surface area contributed by atoms with Gasteiger partial charge in [0.2, 0.25) is 0 Å². The molecule has 0 radical (unpaired) electrons. The summed E-state index contributed by atoms with van der Waals surface area (Å²) >= 11 is 0. The quantitative estimate of drug-likeness (QED) is 0.536. The summed E-state index contributed by atoms with van der Waals surface area (Å²) in [4.78, 5) is 26.9. The topological polar surface area (TPSA) is 64.4 Å². The van der Waals surface area contributed by atoms with E-state index in [-0.39, 0.29) is 12.5 Å². The summed E-state index contributed by atoms with van der Waals surface area (Å²) in [6.07, 6.45) is 0. The molecule has 1 aromatic heterocycles. The first-order chi connectivity index (χ1) is 14.5. The SMILES string of the molecule is CCN(Cc1ccccc1)C(=O)COC(=O)c1c(C)nn(Cc2ccccc2)c1C. The molecule has 0 spiro atoms. The number of esters is 1. The number of nitrogens with zero attached hydrogens (tertiary/aromatic N) is 3. The van der Waals surface area contributed by atoms with Gasteiger partial charge in [-0.2, -0.15) is 5.10 Å². The molecule has 0 unspecified atom stereocenters. The Balaban J connectivity index is 1.63. The van der Waals surface area contributed by atoms with E-state index in [4.69, 9.17) is 4.74 Å². The monoisotopic (exact) mass is 405 g/mol. The molecule has 0 fully saturated rings. The van der Waals surface area contributed by atoms with Crippen molar-refractivity contribution in [3.63, 3.8) is 0 Å². The van der Waals surface area contributed by atoms with E-state index in [1.807, 2.05) is 74.5 Å². The Hall–Kier alpha value is -3.41. The van der Waals surface area contributed by atoms with E-state index in [1.54, 1.807) is 16.5 Å². The van der Waals surface area contributed by atoms with Crippen LogP contribution in [0, 0.1) is 13.8 Å². The minimum atomic E-state index is -0.520. The molecule has 1 amide bonds. The average molecular weight is 405 g/mol. The van der Waals surface area contributed by atoms with Crippen molar-refractivity contribution in [2.45, 2.75) is 33.9 Å². The largest absolute Gasteiger partial charge is 0.452 e. The molecule has 0 atom stereocenters. The van der Waals surface area contributed by atoms with Crippen LogP contribution in [0.15, 0.2) is 60.7 Å². The lowest BCUT2D eigenvalue weighted by Gasteiger charge is -2.20. The van der Waals surface area contributed by atoms with Gasteiger partial charge in [0, 0.05) is 13.1 Å². The number of carbonyl (C=O) groups is 2. The number of hydrogen-bond acceptors (Lipinski definition) is 4. The summed E-state index contributed by atoms with van der Waals surface area (Å²) in [6, 6.07) is 19.7. The minimum Gasteiger partial charge on any atom is -0.452 e. The van der Waals surface area contributed by atoms with Crippen LogP contribution in [0.25, 0.3) is 0 Å². The number of aromatic nitrogens is 2. The number of likely N-dealkylation sites (N-methyl/N-ethyl adjacent to an activating group) is 1. The minimum absolute atomic E-state index is 0.221. The fourth-order valence-corrected chi connectivity index (χ4v) is 3.37. The molecular weight excluding hydrogens is 378 g/mol. The van der Waals surface area contributed by atoms with Gasteiger partial charge < -0.3 is 9.64 Å². The Labute approximate surface area is 177 Å². The number of rotatable bonds is 8. The molecule has 0 saturated carbocycles. The van der Waals surface area contributed by atoms with Crippen LogP contribution in [0.5, 0.6) is 0 Å². The highest BCUT2D eigenvalue weighted by Crippen LogP contribution is 2.16. The van der Waals surface area contributed by atoms with Gasteiger partial charge in [-0.15, -0.1) is 0 Å². The van der Waals surface area contributed by atoms with Gasteiger partial charge in [-0.05, 0) is 31.9 Å². The molecule has 30 heavy (non-hydrogen) atoms. The maximum absolute atomic E-state index is 12.7. The van der Waals surface area contributed by atoms with E-state index in [1.165, 1.54) is 0 Å². The van der Waals surface area contributed by atoms with Gasteiger partial charge >= 0.3 is 5.97 Å². The standard InChI is InChI=1S/C24H27N3O3/c1-4-26(15-20-11-7-5-8-12-20)22(28)17-30-24(29)23-18(2)25-27(19(23)3)16-21-13-9-6-10-14-21/h5-14H,4,15-17H2,1-3H3. The van der Waals surface area contributed by atoms with Crippen LogP contribution in [0.4, 0.5) is 0 Å². The Bertz CT molecular complexity index is 997. The molecule has 1 heterocycles. The number of hydrogen-bond donors (Lipinski definition) is 0. The van der Waals surface area contributed by atoms with Crippen LogP contribution in [0.2, 0.25) is 0 Å². The maximum Gasteiger partial charge on any atom is 0.342 e. The summed E-state index contributed by atoms with van der Waals surface area (Å²) < 4.78 is 7.14. The molecule has 0 aliphatic heterocycles. The Kier molecular flexibility index (Phi) is 7.01. The zero-order chi connectivity index (χ0) is 21.5. The van der Waals surface area contributed by atoms with E-state index in [2.05, 4.69) is 5.10 Å². The predicted molar refractivity (Wildman–Crippen MR) is 115 cm³/mol. The first-order valence-electron chi connectivity index (χ1n) is 10.1. The lowest BCUT2D eigenvalue weighted by atomic mass is 10.2. The van der Waals surface area contributed by atoms with Gasteiger partial charge in [-0.25, -0.2) is 4.79 Å². The number of carbonyl (C=O) groups excluding carboxylic acids is 2. The molecule has 0 N–H and O–H groups in total. The molecule has 0 saturated heterocycles. The third-order valence-electron chi connectivity index (χ3n) is 5.04. The summed E-state index contributed by atoms with van der Waals surface area (Å²) in [5.74, 6) is -0.741. The van der Waals surface area contributed by atoms with Crippen molar-refractivity contribution in [2.75, 3.05) is 13.2 Å². The van der Waals surface area contributed by atoms with Crippen LogP contribution in [0.3, 0.4) is 0 Å². The van der Waals surface area contributed by atoms with Gasteiger partial charge in [0.05, 0.1) is 17.9 Å². The maximum atomic E-state index is 12.7. The van der Waals surface area contributed by atoms with Gasteiger partial charge in [0.1, 0.15) is 5.56 Å². The molecular formula is C24H27N3O3. The summed E-state index contributed by atoms with van der Waals surface area (Å²) in [6.45, 7) is 6.84. The van der Waals surface area contributed by atoms with Gasteiger partial charge in [-0.1, -0.05) is 60.7 Å². The van der Waals surface area contributed by atoms with Crippen LogP contribution < -0.4 is 0 Å². The molecule has 0 aliphatic carbocycles. The molecule has 3 aromatic rings. The van der Waals surface area contributed by atoms with Crippen molar-refractivity contribution in [3.8, 4) is 0 Å². The highest BCUT2D eigenvalue weighted by atomic mass is 16.5. The Morgan fingerprint density at radius 3 is 2.17 bits per heavy atom. The van der Waals surface area contributed by atoms with Crippen LogP contribution >= 0.6 is 0 Å². The molecule has 156 valence electrons. The van der Waals surface area contributed by atoms with Crippen LogP contribution in [-0.2, 0) is 22.6 Å². The molecule has 0 bridgehead atoms. The number of benzene rings is 2. The molecule has 6 heteroatoms. The zero-order valence-electron chi connectivity index (χ0n) is 17.7. The van der Waals surface area contributed by atoms with Gasteiger partial charge in [-0.3, -0.25) is 9.48 Å². The van der Waals surface area contributed by atoms with Crippen molar-refractivity contribution >= 4 is 11.9 Å². The van der Waals surface area contributed by atoms with Crippen molar-refractivity contribution < 1.29 is 14.3 Å². The second-order valence-corrected chi connectivity index (χ2v) is 7.16. The van der Waals surface area contributed by atoms with Crippen molar-refractivity contribution in [2.24, 2.45) is 0 Å². The number of ether oxygens (including phenoxy) is 1. The lowest BCUT2D eigenvalue weighted by Crippen LogP contribution is -2.34. The van der Waals surface area contributed by atoms with Gasteiger partial charge in [0.15, 0.2) is 6.61 Å². The Morgan fingerprint density at radius 2 is 1.57 bits per heavy atom. The Morgan fingerprint density at radius 1 is 0.967 bits per heavy atom. The smallest absolute Gasteiger partial charge is 0.342 e. The third kappa shape index (κ3) is 5.14. The van der Waals surface area contributed by atoms with Gasteiger partial charge in [0.25, 0.3) is 5.91 Å². The van der Waals surface area contributed by atoms with E-state index in [9.17, 15) is 9.59 Å². The van der Waals surface area contributed by atoms with E-state index >= 15 is 0 Å². The van der Waals surface area contributed by atoms with Crippen molar-refractivity contribution in [1.82, 2.24) is 14.7 Å². The highest BCUT2D eigenvalue weighted by Gasteiger charge is 2.22. The van der Waals surface area contributed by atoms with Crippen LogP contribution in [-0.4, -0.2) is 39.7 Å². The number of amides is 1. The van der Waals surface area contributed by atoms with E-state index in [0.29, 0.717) is 30.9 Å². The fourth-order valence-electron chi connectivity index (χ4n) is 3.37. The summed E-state index contributed by atoms with van der Waals surface area (Å²) in [7, 11) is 0. The van der Waals surface area contributed by atoms with Crippen molar-refractivity contribution in [1.29, 1.82) is 0 Å². The number of aryl methyl sites for hydroxylation is 1. The molecule has 0 aliphatic rings. The second-order valence-electron chi connectivity index (χ2n) is 7.16. The zero-order valence-corrected chi connectivity index (χ0v) is 17.7. The first-order valence-corrected chi connectivity index (χ1v) is 10.1. The fraction of sp³-hybridized carbons (Fsp3) is 0.292. The normalized spacial score (nSPS) is 10.6. The summed E-state index contributed by atoms with van der Waals surface area (Å²) in [5, 5.41) is 4.48. The molecule has 6 nitrogen and oxygen atoms in total. The highest BCUT2D eigenvalue weighted by molar-refractivity contribution is 5.93. The molecule has 3 rings (SSSR count). The second kappa shape index (κ2) is 9.87. The summed E-state index contributed by atoms with van der Waals surface area (Å²) in [5.41, 5.74) is 3.87. The van der Waals surface area contributed by atoms with Crippen LogP contribution in [0.1, 0.15) is 39.8 Å². The van der Waals surface area contributed by atoms with Crippen molar-refractivity contribution in [3.05, 3.63) is 88.7 Å². The first kappa shape index (κ1) is 21.3. The lowest BCUT2D eigenvalue weighted by molar-refractivity contribution is -0.134. The predicted octanol–water partition coefficient (Wildman–Crippen LogP) is 3.75. The van der Waals surface area contributed by atoms with E-state index in [0.717, 1.165) is 16.8 Å². The average Bonchev–Trinajstić information content (AvgIpc) is 3.04. The third-order valence-corrected chi connectivity index (χ3v) is 5.04. The van der Waals surface area contributed by atoms with E-state index < -0.39 is 5.97 Å². The molecule has 2 aromatic carbocycles.